The molecular weight excluding hydrogens is 316 g/mol. The smallest absolute Gasteiger partial charge is 0.321 e. The number of amides is 3. The van der Waals surface area contributed by atoms with Crippen LogP contribution in [0.2, 0.25) is 0 Å². The Labute approximate surface area is 137 Å². The lowest BCUT2D eigenvalue weighted by Gasteiger charge is -2.05. The minimum absolute atomic E-state index is 0.0976. The minimum Gasteiger partial charge on any atom is -0.335 e. The molecule has 0 unspecified atom stereocenters. The van der Waals surface area contributed by atoms with E-state index in [1.165, 1.54) is 11.8 Å². The third-order valence-corrected chi connectivity index (χ3v) is 4.29. The zero-order chi connectivity index (χ0) is 16.2. The molecule has 0 aliphatic heterocycles. The summed E-state index contributed by atoms with van der Waals surface area (Å²) < 4.78 is 1.80. The monoisotopic (exact) mass is 332 g/mol. The summed E-state index contributed by atoms with van der Waals surface area (Å²) in [5.41, 5.74) is 0.898. The Morgan fingerprint density at radius 1 is 1.30 bits per heavy atom. The van der Waals surface area contributed by atoms with Crippen molar-refractivity contribution in [2.45, 2.75) is 24.0 Å². The lowest BCUT2D eigenvalue weighted by atomic mass is 10.2. The highest BCUT2D eigenvalue weighted by Crippen LogP contribution is 2.22. The molecule has 120 valence electrons. The first-order chi connectivity index (χ1) is 11.1. The fourth-order valence-electron chi connectivity index (χ4n) is 1.93. The van der Waals surface area contributed by atoms with Gasteiger partial charge in [0.15, 0.2) is 11.0 Å². The normalized spacial score (nSPS) is 13.6. The van der Waals surface area contributed by atoms with Gasteiger partial charge in [0.05, 0.1) is 5.75 Å². The molecule has 2 aromatic rings. The van der Waals surface area contributed by atoms with Gasteiger partial charge in [-0.1, -0.05) is 11.8 Å². The molecule has 23 heavy (non-hydrogen) atoms. The van der Waals surface area contributed by atoms with Crippen LogP contribution in [-0.2, 0) is 11.8 Å². The summed E-state index contributed by atoms with van der Waals surface area (Å²) >= 11 is 1.23. The van der Waals surface area contributed by atoms with Crippen LogP contribution >= 0.6 is 11.8 Å². The van der Waals surface area contributed by atoms with E-state index in [0.717, 1.165) is 18.4 Å². The van der Waals surface area contributed by atoms with Gasteiger partial charge in [0, 0.05) is 31.0 Å². The molecule has 0 atom stereocenters. The summed E-state index contributed by atoms with van der Waals surface area (Å²) in [5.74, 6) is 0.434. The maximum Gasteiger partial charge on any atom is 0.321 e. The highest BCUT2D eigenvalue weighted by molar-refractivity contribution is 7.99. The molecule has 1 fully saturated rings. The van der Waals surface area contributed by atoms with E-state index in [0.29, 0.717) is 11.0 Å². The van der Waals surface area contributed by atoms with Crippen LogP contribution in [0.15, 0.2) is 29.7 Å². The van der Waals surface area contributed by atoms with Gasteiger partial charge < -0.3 is 9.88 Å². The van der Waals surface area contributed by atoms with Gasteiger partial charge in [-0.2, -0.15) is 0 Å². The van der Waals surface area contributed by atoms with Crippen molar-refractivity contribution >= 4 is 23.7 Å². The van der Waals surface area contributed by atoms with E-state index in [2.05, 4.69) is 25.8 Å². The number of nitrogens with zero attached hydrogens (tertiary/aromatic N) is 4. The largest absolute Gasteiger partial charge is 0.335 e. The molecule has 0 aromatic carbocycles. The van der Waals surface area contributed by atoms with Gasteiger partial charge in [-0.3, -0.25) is 15.1 Å². The van der Waals surface area contributed by atoms with Crippen LogP contribution < -0.4 is 10.6 Å². The number of carbonyl (C=O) groups excluding carboxylic acids is 2. The van der Waals surface area contributed by atoms with Crippen molar-refractivity contribution in [3.63, 3.8) is 0 Å². The highest BCUT2D eigenvalue weighted by Gasteiger charge is 2.24. The maximum atomic E-state index is 11.8. The summed E-state index contributed by atoms with van der Waals surface area (Å²) in [6.45, 7) is 0. The fraction of sp³-hybridized carbons (Fsp3) is 0.357. The molecule has 0 saturated heterocycles. The number of urea groups is 1. The number of hydrogen-bond acceptors (Lipinski definition) is 6. The highest BCUT2D eigenvalue weighted by atomic mass is 32.2. The van der Waals surface area contributed by atoms with E-state index >= 15 is 0 Å². The molecule has 2 N–H and O–H groups in total. The van der Waals surface area contributed by atoms with E-state index in [1.54, 1.807) is 17.0 Å². The number of rotatable bonds is 5. The van der Waals surface area contributed by atoms with Gasteiger partial charge in [-0.05, 0) is 25.0 Å². The molecule has 9 heteroatoms. The van der Waals surface area contributed by atoms with Gasteiger partial charge in [-0.15, -0.1) is 10.2 Å². The summed E-state index contributed by atoms with van der Waals surface area (Å²) in [5, 5.41) is 13.8. The summed E-state index contributed by atoms with van der Waals surface area (Å²) in [6, 6.07) is 3.46. The van der Waals surface area contributed by atoms with Crippen LogP contribution in [0.1, 0.15) is 12.8 Å². The topological polar surface area (TPSA) is 102 Å². The number of aromatic nitrogens is 4. The molecule has 1 aliphatic rings. The van der Waals surface area contributed by atoms with Gasteiger partial charge in [0.25, 0.3) is 0 Å². The van der Waals surface area contributed by atoms with Crippen molar-refractivity contribution in [3.05, 3.63) is 24.5 Å². The minimum atomic E-state index is -0.437. The third-order valence-electron chi connectivity index (χ3n) is 3.27. The van der Waals surface area contributed by atoms with Crippen LogP contribution in [0.4, 0.5) is 4.79 Å². The van der Waals surface area contributed by atoms with E-state index in [9.17, 15) is 9.59 Å². The molecule has 1 saturated carbocycles. The van der Waals surface area contributed by atoms with Crippen molar-refractivity contribution in [3.8, 4) is 11.4 Å². The Kier molecular flexibility index (Phi) is 4.56. The van der Waals surface area contributed by atoms with Crippen molar-refractivity contribution < 1.29 is 9.59 Å². The van der Waals surface area contributed by atoms with E-state index in [-0.39, 0.29) is 17.7 Å². The van der Waals surface area contributed by atoms with Crippen molar-refractivity contribution in [2.24, 2.45) is 7.05 Å². The van der Waals surface area contributed by atoms with Crippen molar-refractivity contribution in [2.75, 3.05) is 5.75 Å². The average molecular weight is 332 g/mol. The van der Waals surface area contributed by atoms with E-state index in [4.69, 9.17) is 0 Å². The summed E-state index contributed by atoms with van der Waals surface area (Å²) in [4.78, 5) is 27.2. The standard InChI is InChI=1S/C14H16N6O2S/c1-20-12(9-4-6-15-7-5-9)18-19-14(20)23-8-11(21)17-13(22)16-10-2-3-10/h4-7,10H,2-3,8H2,1H3,(H2,16,17,21,22). The lowest BCUT2D eigenvalue weighted by molar-refractivity contribution is -0.117. The Bertz CT molecular complexity index is 713. The maximum absolute atomic E-state index is 11.8. The molecule has 2 aromatic heterocycles. The quantitative estimate of drug-likeness (QED) is 0.791. The molecule has 0 bridgehead atoms. The van der Waals surface area contributed by atoms with Crippen molar-refractivity contribution in [1.29, 1.82) is 0 Å². The molecule has 8 nitrogen and oxygen atoms in total. The van der Waals surface area contributed by atoms with Gasteiger partial charge in [0.2, 0.25) is 5.91 Å². The zero-order valence-corrected chi connectivity index (χ0v) is 13.3. The van der Waals surface area contributed by atoms with E-state index < -0.39 is 6.03 Å². The Morgan fingerprint density at radius 3 is 2.74 bits per heavy atom. The third kappa shape index (κ3) is 4.07. The van der Waals surface area contributed by atoms with Crippen LogP contribution in [0, 0.1) is 0 Å². The number of imide groups is 1. The van der Waals surface area contributed by atoms with Gasteiger partial charge >= 0.3 is 6.03 Å². The molecule has 0 spiro atoms. The van der Waals surface area contributed by atoms with Gasteiger partial charge in [-0.25, -0.2) is 4.79 Å². The first-order valence-electron chi connectivity index (χ1n) is 7.16. The van der Waals surface area contributed by atoms with E-state index in [1.807, 2.05) is 19.2 Å². The number of nitrogens with one attached hydrogen (secondary N) is 2. The van der Waals surface area contributed by atoms with Crippen molar-refractivity contribution in [1.82, 2.24) is 30.4 Å². The molecule has 3 rings (SSSR count). The Hall–Kier alpha value is -2.42. The number of thioether (sulfide) groups is 1. The Balaban J connectivity index is 1.55. The predicted molar refractivity (Wildman–Crippen MR) is 84.7 cm³/mol. The molecule has 1 aliphatic carbocycles. The summed E-state index contributed by atoms with van der Waals surface area (Å²) in [7, 11) is 1.83. The predicted octanol–water partition coefficient (Wildman–Crippen LogP) is 0.957. The molecule has 2 heterocycles. The zero-order valence-electron chi connectivity index (χ0n) is 12.5. The van der Waals surface area contributed by atoms with Gasteiger partial charge in [0.1, 0.15) is 0 Å². The number of carbonyl (C=O) groups is 2. The SMILES string of the molecule is Cn1c(SCC(=O)NC(=O)NC2CC2)nnc1-c1ccncc1. The first-order valence-corrected chi connectivity index (χ1v) is 8.15. The summed E-state index contributed by atoms with van der Waals surface area (Å²) in [6.07, 6.45) is 5.33. The second-order valence-electron chi connectivity index (χ2n) is 5.19. The number of pyridine rings is 1. The lowest BCUT2D eigenvalue weighted by Crippen LogP contribution is -2.41. The second kappa shape index (κ2) is 6.78. The van der Waals surface area contributed by atoms with Crippen LogP contribution in [-0.4, -0.2) is 43.5 Å². The molecule has 0 radical (unpaired) electrons. The van der Waals surface area contributed by atoms with Crippen LogP contribution in [0.3, 0.4) is 0 Å². The fourth-order valence-corrected chi connectivity index (χ4v) is 2.65. The first kappa shape index (κ1) is 15.5. The van der Waals surface area contributed by atoms with Crippen LogP contribution in [0.25, 0.3) is 11.4 Å². The number of hydrogen-bond donors (Lipinski definition) is 2. The average Bonchev–Trinajstić information content (AvgIpc) is 3.27. The molecular formula is C14H16N6O2S. The van der Waals surface area contributed by atoms with Crippen LogP contribution in [0.5, 0.6) is 0 Å². The second-order valence-corrected chi connectivity index (χ2v) is 6.13. The molecule has 3 amide bonds. The Morgan fingerprint density at radius 2 is 2.04 bits per heavy atom.